The average molecular weight is 220 g/mol. The summed E-state index contributed by atoms with van der Waals surface area (Å²) >= 11 is 0. The number of nitrogens with two attached hydrogens (primary N) is 1. The van der Waals surface area contributed by atoms with Crippen molar-refractivity contribution in [2.45, 2.75) is 45.6 Å². The van der Waals surface area contributed by atoms with Crippen LogP contribution in [0.25, 0.3) is 0 Å². The predicted molar refractivity (Wildman–Crippen MR) is 66.5 cm³/mol. The summed E-state index contributed by atoms with van der Waals surface area (Å²) in [6.45, 7) is 5.17. The Kier molecular flexibility index (Phi) is 3.27. The Labute approximate surface area is 96.9 Å². The summed E-state index contributed by atoms with van der Waals surface area (Å²) in [5.74, 6) is 1.61. The SMILES string of the molecule is CCN(c1ncnc(N)c1C)C1CCCC1. The number of rotatable bonds is 3. The number of anilines is 2. The van der Waals surface area contributed by atoms with Gasteiger partial charge in [0.1, 0.15) is 18.0 Å². The first-order valence-corrected chi connectivity index (χ1v) is 6.07. The summed E-state index contributed by atoms with van der Waals surface area (Å²) in [7, 11) is 0. The summed E-state index contributed by atoms with van der Waals surface area (Å²) in [5.41, 5.74) is 6.84. The summed E-state index contributed by atoms with van der Waals surface area (Å²) in [5, 5.41) is 0. The van der Waals surface area contributed by atoms with E-state index in [2.05, 4.69) is 21.8 Å². The quantitative estimate of drug-likeness (QED) is 0.848. The topological polar surface area (TPSA) is 55.0 Å². The third-order valence-electron chi connectivity index (χ3n) is 3.47. The predicted octanol–water partition coefficient (Wildman–Crippen LogP) is 2.14. The molecular formula is C12H20N4. The van der Waals surface area contributed by atoms with Crippen molar-refractivity contribution in [3.63, 3.8) is 0 Å². The highest BCUT2D eigenvalue weighted by Crippen LogP contribution is 2.29. The highest BCUT2D eigenvalue weighted by Gasteiger charge is 2.24. The summed E-state index contributed by atoms with van der Waals surface area (Å²) < 4.78 is 0. The van der Waals surface area contributed by atoms with E-state index in [0.29, 0.717) is 11.9 Å². The van der Waals surface area contributed by atoms with E-state index in [1.54, 1.807) is 6.33 Å². The van der Waals surface area contributed by atoms with Crippen LogP contribution >= 0.6 is 0 Å². The third-order valence-corrected chi connectivity index (χ3v) is 3.47. The van der Waals surface area contributed by atoms with Gasteiger partial charge in [-0.3, -0.25) is 0 Å². The van der Waals surface area contributed by atoms with Gasteiger partial charge in [0.25, 0.3) is 0 Å². The van der Waals surface area contributed by atoms with E-state index in [-0.39, 0.29) is 0 Å². The molecule has 0 bridgehead atoms. The molecule has 0 amide bonds. The molecule has 2 N–H and O–H groups in total. The van der Waals surface area contributed by atoms with Crippen LogP contribution < -0.4 is 10.6 Å². The van der Waals surface area contributed by atoms with Crippen molar-refractivity contribution in [3.05, 3.63) is 11.9 Å². The maximum absolute atomic E-state index is 5.83. The van der Waals surface area contributed by atoms with Crippen LogP contribution in [-0.2, 0) is 0 Å². The molecular weight excluding hydrogens is 200 g/mol. The molecule has 16 heavy (non-hydrogen) atoms. The van der Waals surface area contributed by atoms with Gasteiger partial charge in [-0.25, -0.2) is 9.97 Å². The van der Waals surface area contributed by atoms with E-state index in [9.17, 15) is 0 Å². The minimum Gasteiger partial charge on any atom is -0.383 e. The third kappa shape index (κ3) is 1.96. The Morgan fingerprint density at radius 2 is 2.06 bits per heavy atom. The minimum absolute atomic E-state index is 0.599. The molecule has 0 spiro atoms. The van der Waals surface area contributed by atoms with Crippen molar-refractivity contribution in [3.8, 4) is 0 Å². The normalized spacial score (nSPS) is 16.6. The van der Waals surface area contributed by atoms with E-state index >= 15 is 0 Å². The fourth-order valence-corrected chi connectivity index (χ4v) is 2.54. The van der Waals surface area contributed by atoms with Gasteiger partial charge in [-0.2, -0.15) is 0 Å². The van der Waals surface area contributed by atoms with Crippen molar-refractivity contribution in [1.82, 2.24) is 9.97 Å². The molecule has 4 nitrogen and oxygen atoms in total. The van der Waals surface area contributed by atoms with Gasteiger partial charge in [0.05, 0.1) is 0 Å². The van der Waals surface area contributed by atoms with Crippen molar-refractivity contribution in [2.24, 2.45) is 0 Å². The van der Waals surface area contributed by atoms with Crippen molar-refractivity contribution in [2.75, 3.05) is 17.2 Å². The molecule has 88 valence electrons. The fraction of sp³-hybridized carbons (Fsp3) is 0.667. The Hall–Kier alpha value is -1.32. The van der Waals surface area contributed by atoms with Gasteiger partial charge in [-0.15, -0.1) is 0 Å². The Morgan fingerprint density at radius 3 is 2.69 bits per heavy atom. The van der Waals surface area contributed by atoms with Crippen molar-refractivity contribution < 1.29 is 0 Å². The van der Waals surface area contributed by atoms with Crippen LogP contribution in [0.15, 0.2) is 6.33 Å². The molecule has 1 aliphatic rings. The molecule has 1 saturated carbocycles. The second-order valence-electron chi connectivity index (χ2n) is 4.43. The molecule has 1 heterocycles. The number of hydrogen-bond donors (Lipinski definition) is 1. The first-order valence-electron chi connectivity index (χ1n) is 6.07. The zero-order valence-electron chi connectivity index (χ0n) is 10.1. The zero-order chi connectivity index (χ0) is 11.5. The lowest BCUT2D eigenvalue weighted by atomic mass is 10.2. The molecule has 1 aromatic rings. The molecule has 2 rings (SSSR count). The maximum atomic E-state index is 5.83. The molecule has 1 aromatic heterocycles. The molecule has 0 unspecified atom stereocenters. The van der Waals surface area contributed by atoms with Crippen LogP contribution in [0.5, 0.6) is 0 Å². The summed E-state index contributed by atoms with van der Waals surface area (Å²) in [6.07, 6.45) is 6.78. The lowest BCUT2D eigenvalue weighted by molar-refractivity contribution is 0.611. The molecule has 4 heteroatoms. The molecule has 0 atom stereocenters. The smallest absolute Gasteiger partial charge is 0.137 e. The van der Waals surface area contributed by atoms with Crippen LogP contribution in [0.4, 0.5) is 11.6 Å². The molecule has 0 saturated heterocycles. The molecule has 0 radical (unpaired) electrons. The number of nitrogen functional groups attached to an aromatic ring is 1. The van der Waals surface area contributed by atoms with Gasteiger partial charge in [-0.1, -0.05) is 12.8 Å². The summed E-state index contributed by atoms with van der Waals surface area (Å²) in [6, 6.07) is 0.637. The van der Waals surface area contributed by atoms with Crippen LogP contribution in [0.2, 0.25) is 0 Å². The van der Waals surface area contributed by atoms with E-state index in [1.807, 2.05) is 6.92 Å². The Bertz CT molecular complexity index is 358. The van der Waals surface area contributed by atoms with Crippen LogP contribution in [0.3, 0.4) is 0 Å². The van der Waals surface area contributed by atoms with Crippen LogP contribution in [0, 0.1) is 6.92 Å². The number of nitrogens with zero attached hydrogens (tertiary/aromatic N) is 3. The average Bonchev–Trinajstić information content (AvgIpc) is 2.79. The van der Waals surface area contributed by atoms with Crippen LogP contribution in [-0.4, -0.2) is 22.6 Å². The fourth-order valence-electron chi connectivity index (χ4n) is 2.54. The zero-order valence-corrected chi connectivity index (χ0v) is 10.1. The first-order chi connectivity index (χ1) is 7.74. The van der Waals surface area contributed by atoms with Gasteiger partial charge in [0.15, 0.2) is 0 Å². The summed E-state index contributed by atoms with van der Waals surface area (Å²) in [4.78, 5) is 10.8. The number of hydrogen-bond acceptors (Lipinski definition) is 4. The van der Waals surface area contributed by atoms with Gasteiger partial charge in [0, 0.05) is 18.2 Å². The second kappa shape index (κ2) is 4.68. The van der Waals surface area contributed by atoms with Crippen LogP contribution in [0.1, 0.15) is 38.2 Å². The van der Waals surface area contributed by atoms with Crippen molar-refractivity contribution in [1.29, 1.82) is 0 Å². The largest absolute Gasteiger partial charge is 0.383 e. The monoisotopic (exact) mass is 220 g/mol. The standard InChI is InChI=1S/C12H20N4/c1-3-16(10-6-4-5-7-10)12-9(2)11(13)14-8-15-12/h8,10H,3-7H2,1-2H3,(H2,13,14,15). The Morgan fingerprint density at radius 1 is 1.38 bits per heavy atom. The first kappa shape index (κ1) is 11.2. The lowest BCUT2D eigenvalue weighted by Gasteiger charge is -2.30. The van der Waals surface area contributed by atoms with Gasteiger partial charge in [-0.05, 0) is 26.7 Å². The van der Waals surface area contributed by atoms with E-state index in [1.165, 1.54) is 25.7 Å². The van der Waals surface area contributed by atoms with E-state index < -0.39 is 0 Å². The highest BCUT2D eigenvalue weighted by atomic mass is 15.2. The van der Waals surface area contributed by atoms with Crippen molar-refractivity contribution >= 4 is 11.6 Å². The molecule has 1 fully saturated rings. The van der Waals surface area contributed by atoms with Gasteiger partial charge in [0.2, 0.25) is 0 Å². The highest BCUT2D eigenvalue weighted by molar-refractivity contribution is 5.56. The van der Waals surface area contributed by atoms with Gasteiger partial charge >= 0.3 is 0 Å². The molecule has 0 aliphatic heterocycles. The van der Waals surface area contributed by atoms with E-state index in [4.69, 9.17) is 5.73 Å². The van der Waals surface area contributed by atoms with Gasteiger partial charge < -0.3 is 10.6 Å². The second-order valence-corrected chi connectivity index (χ2v) is 4.43. The maximum Gasteiger partial charge on any atom is 0.137 e. The molecule has 0 aromatic carbocycles. The molecule has 1 aliphatic carbocycles. The minimum atomic E-state index is 0.599. The Balaban J connectivity index is 2.28. The number of aromatic nitrogens is 2. The van der Waals surface area contributed by atoms with E-state index in [0.717, 1.165) is 17.9 Å². The lowest BCUT2D eigenvalue weighted by Crippen LogP contribution is -2.34.